The van der Waals surface area contributed by atoms with Crippen molar-refractivity contribution in [2.45, 2.75) is 90.6 Å². The Balaban J connectivity index is 1.33. The first kappa shape index (κ1) is 22.1. The van der Waals surface area contributed by atoms with Crippen molar-refractivity contribution in [2.24, 2.45) is 0 Å². The molecule has 0 bridgehead atoms. The maximum Gasteiger partial charge on any atom is 0.251 e. The summed E-state index contributed by atoms with van der Waals surface area (Å²) in [5.41, 5.74) is 6.19. The maximum absolute atomic E-state index is 12.6. The van der Waals surface area contributed by atoms with Crippen molar-refractivity contribution in [1.82, 2.24) is 14.8 Å². The van der Waals surface area contributed by atoms with Gasteiger partial charge in [0.2, 0.25) is 0 Å². The number of aromatic nitrogens is 1. The van der Waals surface area contributed by atoms with E-state index in [1.165, 1.54) is 67.6 Å². The molecule has 2 heterocycles. The van der Waals surface area contributed by atoms with Gasteiger partial charge < -0.3 is 9.88 Å². The number of hydrogen-bond donors (Lipinski definition) is 1. The molecule has 4 rings (SSSR count). The summed E-state index contributed by atoms with van der Waals surface area (Å²) >= 11 is 0. The number of carbonyl (C=O) groups is 1. The normalized spacial score (nSPS) is 22.0. The van der Waals surface area contributed by atoms with Crippen molar-refractivity contribution in [3.63, 3.8) is 0 Å². The molecule has 2 aliphatic rings. The zero-order valence-electron chi connectivity index (χ0n) is 19.6. The molecule has 1 amide bonds. The van der Waals surface area contributed by atoms with Crippen LogP contribution in [0.15, 0.2) is 30.3 Å². The predicted molar refractivity (Wildman–Crippen MR) is 128 cm³/mol. The van der Waals surface area contributed by atoms with Gasteiger partial charge in [0.15, 0.2) is 0 Å². The number of hydrogen-bond acceptors (Lipinski definition) is 2. The van der Waals surface area contributed by atoms with Gasteiger partial charge in [0.05, 0.1) is 0 Å². The number of aryl methyl sites for hydroxylation is 2. The van der Waals surface area contributed by atoms with Crippen LogP contribution in [0.5, 0.6) is 0 Å². The minimum absolute atomic E-state index is 0.0364. The fraction of sp³-hybridized carbons (Fsp3) is 0.593. The number of piperidine rings is 1. The van der Waals surface area contributed by atoms with Crippen LogP contribution < -0.4 is 5.32 Å². The Kier molecular flexibility index (Phi) is 7.16. The van der Waals surface area contributed by atoms with E-state index < -0.39 is 0 Å². The Hall–Kier alpha value is -2.07. The average molecular weight is 422 g/mol. The lowest BCUT2D eigenvalue weighted by molar-refractivity contribution is 0.0925. The molecule has 4 heteroatoms. The highest BCUT2D eigenvalue weighted by Crippen LogP contribution is 2.27. The summed E-state index contributed by atoms with van der Waals surface area (Å²) in [6.45, 7) is 8.67. The molecule has 2 aromatic rings. The fourth-order valence-corrected chi connectivity index (χ4v) is 5.63. The van der Waals surface area contributed by atoms with Gasteiger partial charge >= 0.3 is 0 Å². The minimum atomic E-state index is 0.0364. The SMILES string of the molecule is Cc1cc2c(n1-c1ccc(C(=O)NCCCN3[C@H](C)CCC[C@H]3C)cc1)CCCCC2. The molecule has 2 atom stereocenters. The highest BCUT2D eigenvalue weighted by Gasteiger charge is 2.23. The van der Waals surface area contributed by atoms with Crippen LogP contribution >= 0.6 is 0 Å². The Labute approximate surface area is 188 Å². The number of amides is 1. The molecule has 0 unspecified atom stereocenters. The lowest BCUT2D eigenvalue weighted by Crippen LogP contribution is -2.44. The lowest BCUT2D eigenvalue weighted by atomic mass is 9.97. The second kappa shape index (κ2) is 10.0. The third-order valence-corrected chi connectivity index (χ3v) is 7.38. The van der Waals surface area contributed by atoms with E-state index >= 15 is 0 Å². The van der Waals surface area contributed by atoms with Gasteiger partial charge in [0.25, 0.3) is 5.91 Å². The van der Waals surface area contributed by atoms with Crippen molar-refractivity contribution >= 4 is 5.91 Å². The molecule has 1 aromatic heterocycles. The maximum atomic E-state index is 12.6. The van der Waals surface area contributed by atoms with Gasteiger partial charge in [-0.3, -0.25) is 9.69 Å². The third-order valence-electron chi connectivity index (χ3n) is 7.38. The zero-order valence-corrected chi connectivity index (χ0v) is 19.6. The highest BCUT2D eigenvalue weighted by atomic mass is 16.1. The van der Waals surface area contributed by atoms with Crippen molar-refractivity contribution in [1.29, 1.82) is 0 Å². The molecule has 0 saturated carbocycles. The van der Waals surface area contributed by atoms with E-state index in [0.29, 0.717) is 12.1 Å². The summed E-state index contributed by atoms with van der Waals surface area (Å²) in [4.78, 5) is 15.2. The lowest BCUT2D eigenvalue weighted by Gasteiger charge is -2.39. The molecular formula is C27H39N3O. The molecule has 1 saturated heterocycles. The van der Waals surface area contributed by atoms with Crippen LogP contribution in [0, 0.1) is 6.92 Å². The summed E-state index contributed by atoms with van der Waals surface area (Å²) in [7, 11) is 0. The molecule has 168 valence electrons. The Morgan fingerprint density at radius 3 is 2.45 bits per heavy atom. The smallest absolute Gasteiger partial charge is 0.251 e. The quantitative estimate of drug-likeness (QED) is 0.498. The van der Waals surface area contributed by atoms with Crippen LogP contribution in [-0.4, -0.2) is 40.5 Å². The molecule has 0 spiro atoms. The van der Waals surface area contributed by atoms with Crippen LogP contribution in [0.25, 0.3) is 5.69 Å². The summed E-state index contributed by atoms with van der Waals surface area (Å²) in [5, 5.41) is 3.12. The molecule has 0 radical (unpaired) electrons. The Bertz CT molecular complexity index is 873. The third kappa shape index (κ3) is 5.06. The van der Waals surface area contributed by atoms with E-state index in [1.807, 2.05) is 12.1 Å². The van der Waals surface area contributed by atoms with Crippen molar-refractivity contribution in [2.75, 3.05) is 13.1 Å². The molecule has 31 heavy (non-hydrogen) atoms. The van der Waals surface area contributed by atoms with Gasteiger partial charge in [-0.1, -0.05) is 12.8 Å². The summed E-state index contributed by atoms with van der Waals surface area (Å²) in [6.07, 6.45) is 11.2. The summed E-state index contributed by atoms with van der Waals surface area (Å²) in [6, 6.07) is 11.8. The Morgan fingerprint density at radius 1 is 1.00 bits per heavy atom. The van der Waals surface area contributed by atoms with Gasteiger partial charge in [0.1, 0.15) is 0 Å². The molecule has 1 N–H and O–H groups in total. The molecule has 1 aliphatic heterocycles. The van der Waals surface area contributed by atoms with E-state index in [1.54, 1.807) is 0 Å². The largest absolute Gasteiger partial charge is 0.352 e. The highest BCUT2D eigenvalue weighted by molar-refractivity contribution is 5.94. The van der Waals surface area contributed by atoms with Gasteiger partial charge in [-0.15, -0.1) is 0 Å². The number of likely N-dealkylation sites (tertiary alicyclic amines) is 1. The number of carbonyl (C=O) groups excluding carboxylic acids is 1. The van der Waals surface area contributed by atoms with E-state index in [4.69, 9.17) is 0 Å². The van der Waals surface area contributed by atoms with E-state index in [2.05, 4.69) is 53.8 Å². The first-order valence-corrected chi connectivity index (χ1v) is 12.4. The topological polar surface area (TPSA) is 37.3 Å². The molecule has 4 nitrogen and oxygen atoms in total. The summed E-state index contributed by atoms with van der Waals surface area (Å²) in [5.74, 6) is 0.0364. The number of fused-ring (bicyclic) bond motifs is 1. The van der Waals surface area contributed by atoms with E-state index in [-0.39, 0.29) is 5.91 Å². The van der Waals surface area contributed by atoms with Crippen LogP contribution in [0.3, 0.4) is 0 Å². The second-order valence-electron chi connectivity index (χ2n) is 9.68. The van der Waals surface area contributed by atoms with Crippen LogP contribution in [0.4, 0.5) is 0 Å². The van der Waals surface area contributed by atoms with Gasteiger partial charge in [-0.25, -0.2) is 0 Å². The monoisotopic (exact) mass is 421 g/mol. The number of nitrogens with one attached hydrogen (secondary N) is 1. The van der Waals surface area contributed by atoms with E-state index in [0.717, 1.165) is 31.5 Å². The van der Waals surface area contributed by atoms with Crippen LogP contribution in [0.2, 0.25) is 0 Å². The molecule has 1 fully saturated rings. The van der Waals surface area contributed by atoms with Crippen LogP contribution in [-0.2, 0) is 12.8 Å². The molecule has 1 aromatic carbocycles. The number of benzene rings is 1. The number of rotatable bonds is 6. The molecular weight excluding hydrogens is 382 g/mol. The van der Waals surface area contributed by atoms with Crippen molar-refractivity contribution in [3.05, 3.63) is 52.8 Å². The summed E-state index contributed by atoms with van der Waals surface area (Å²) < 4.78 is 2.39. The molecule has 1 aliphatic carbocycles. The number of nitrogens with zero attached hydrogens (tertiary/aromatic N) is 2. The predicted octanol–water partition coefficient (Wildman–Crippen LogP) is 5.44. The fourth-order valence-electron chi connectivity index (χ4n) is 5.63. The van der Waals surface area contributed by atoms with Crippen molar-refractivity contribution < 1.29 is 4.79 Å². The van der Waals surface area contributed by atoms with Crippen LogP contribution in [0.1, 0.15) is 86.1 Å². The van der Waals surface area contributed by atoms with Gasteiger partial charge in [-0.05, 0) is 102 Å². The van der Waals surface area contributed by atoms with E-state index in [9.17, 15) is 4.79 Å². The first-order chi connectivity index (χ1) is 15.0. The van der Waals surface area contributed by atoms with Gasteiger partial charge in [-0.2, -0.15) is 0 Å². The van der Waals surface area contributed by atoms with Gasteiger partial charge in [0, 0.05) is 47.8 Å². The zero-order chi connectivity index (χ0) is 21.8. The first-order valence-electron chi connectivity index (χ1n) is 12.4. The van der Waals surface area contributed by atoms with Crippen molar-refractivity contribution in [3.8, 4) is 5.69 Å². The Morgan fingerprint density at radius 2 is 1.71 bits per heavy atom. The minimum Gasteiger partial charge on any atom is -0.352 e. The standard InChI is InChI=1S/C27H39N3O/c1-20-9-7-10-21(2)29(20)18-8-17-28-27(31)23-13-15-25(16-14-23)30-22(3)19-24-11-5-4-6-12-26(24)30/h13-16,19-21H,4-12,17-18H2,1-3H3,(H,28,31)/t20-,21-/m1/s1. The second-order valence-corrected chi connectivity index (χ2v) is 9.68. The average Bonchev–Trinajstić information content (AvgIpc) is 2.91.